The summed E-state index contributed by atoms with van der Waals surface area (Å²) in [6, 6.07) is 21.5. The Morgan fingerprint density at radius 3 is 2.55 bits per heavy atom. The highest BCUT2D eigenvalue weighted by Gasteiger charge is 2.05. The van der Waals surface area contributed by atoms with Gasteiger partial charge in [0.15, 0.2) is 0 Å². The fourth-order valence-electron chi connectivity index (χ4n) is 2.84. The van der Waals surface area contributed by atoms with E-state index in [-0.39, 0.29) is 5.91 Å². The van der Waals surface area contributed by atoms with Gasteiger partial charge in [-0.25, -0.2) is 4.98 Å². The molecule has 0 saturated heterocycles. The molecule has 0 spiro atoms. The van der Waals surface area contributed by atoms with Crippen LogP contribution in [0.4, 0.5) is 0 Å². The van der Waals surface area contributed by atoms with Crippen LogP contribution in [0, 0.1) is 0 Å². The molecule has 0 atom stereocenters. The topological polar surface area (TPSA) is 64.1 Å². The second kappa shape index (κ2) is 10.3. The first-order valence-corrected chi connectivity index (χ1v) is 10.7. The van der Waals surface area contributed by atoms with Gasteiger partial charge >= 0.3 is 0 Å². The minimum Gasteiger partial charge on any atom is -0.489 e. The van der Waals surface area contributed by atoms with Gasteiger partial charge in [0.05, 0.1) is 12.2 Å². The average molecular weight is 428 g/mol. The molecule has 0 aliphatic rings. The van der Waals surface area contributed by atoms with E-state index in [1.54, 1.807) is 29.8 Å². The van der Waals surface area contributed by atoms with Crippen molar-refractivity contribution in [3.8, 4) is 16.3 Å². The van der Waals surface area contributed by atoms with E-state index in [9.17, 15) is 4.79 Å². The maximum Gasteiger partial charge on any atom is 0.244 e. The lowest BCUT2D eigenvalue weighted by Gasteiger charge is -2.06. The number of benzene rings is 2. The highest BCUT2D eigenvalue weighted by Crippen LogP contribution is 2.22. The van der Waals surface area contributed by atoms with Gasteiger partial charge < -0.3 is 10.1 Å². The molecule has 2 aromatic carbocycles. The Labute approximate surface area is 185 Å². The quantitative estimate of drug-likeness (QED) is 0.397. The third kappa shape index (κ3) is 6.10. The van der Waals surface area contributed by atoms with Crippen LogP contribution in [-0.4, -0.2) is 15.9 Å². The average Bonchev–Trinajstić information content (AvgIpc) is 3.31. The van der Waals surface area contributed by atoms with Crippen molar-refractivity contribution in [3.63, 3.8) is 0 Å². The van der Waals surface area contributed by atoms with Crippen molar-refractivity contribution in [2.45, 2.75) is 13.2 Å². The molecular formula is C25H21N3O2S. The van der Waals surface area contributed by atoms with E-state index in [2.05, 4.69) is 15.3 Å². The van der Waals surface area contributed by atoms with Gasteiger partial charge in [0.2, 0.25) is 5.91 Å². The first-order valence-electron chi connectivity index (χ1n) is 9.84. The molecular weight excluding hydrogens is 406 g/mol. The zero-order valence-electron chi connectivity index (χ0n) is 16.8. The van der Waals surface area contributed by atoms with E-state index in [1.165, 1.54) is 6.08 Å². The van der Waals surface area contributed by atoms with Gasteiger partial charge in [0, 0.05) is 29.4 Å². The standard InChI is InChI=1S/C25H21N3O2S/c29-24(27-16-22-18-31-25(28-22)21-12-14-26-15-13-21)11-8-19-6-9-23(10-7-19)30-17-20-4-2-1-3-5-20/h1-15,18H,16-17H2,(H,27,29)/b11-8+. The van der Waals surface area contributed by atoms with Crippen molar-refractivity contribution >= 4 is 23.3 Å². The van der Waals surface area contributed by atoms with Crippen molar-refractivity contribution < 1.29 is 9.53 Å². The highest BCUT2D eigenvalue weighted by molar-refractivity contribution is 7.13. The van der Waals surface area contributed by atoms with Crippen molar-refractivity contribution in [2.24, 2.45) is 0 Å². The highest BCUT2D eigenvalue weighted by atomic mass is 32.1. The third-order valence-corrected chi connectivity index (χ3v) is 5.42. The number of rotatable bonds is 8. The van der Waals surface area contributed by atoms with E-state index in [4.69, 9.17) is 4.74 Å². The summed E-state index contributed by atoms with van der Waals surface area (Å²) in [5.74, 6) is 0.627. The maximum absolute atomic E-state index is 12.1. The number of hydrogen-bond acceptors (Lipinski definition) is 5. The molecule has 154 valence electrons. The zero-order chi connectivity index (χ0) is 21.3. The number of thiazole rings is 1. The van der Waals surface area contributed by atoms with Crippen LogP contribution in [0.5, 0.6) is 5.75 Å². The van der Waals surface area contributed by atoms with Crippen molar-refractivity contribution in [1.82, 2.24) is 15.3 Å². The van der Waals surface area contributed by atoms with Crippen LogP contribution in [0.3, 0.4) is 0 Å². The number of aromatic nitrogens is 2. The lowest BCUT2D eigenvalue weighted by atomic mass is 10.2. The summed E-state index contributed by atoms with van der Waals surface area (Å²) in [7, 11) is 0. The molecule has 2 aromatic heterocycles. The molecule has 4 rings (SSSR count). The third-order valence-electron chi connectivity index (χ3n) is 4.48. The molecule has 0 aliphatic heterocycles. The van der Waals surface area contributed by atoms with Gasteiger partial charge in [0.25, 0.3) is 0 Å². The Morgan fingerprint density at radius 2 is 1.77 bits per heavy atom. The molecule has 1 N–H and O–H groups in total. The summed E-state index contributed by atoms with van der Waals surface area (Å²) in [4.78, 5) is 20.7. The van der Waals surface area contributed by atoms with Crippen LogP contribution in [0.25, 0.3) is 16.6 Å². The first-order chi connectivity index (χ1) is 15.3. The summed E-state index contributed by atoms with van der Waals surface area (Å²) in [6.07, 6.45) is 6.78. The molecule has 0 radical (unpaired) electrons. The van der Waals surface area contributed by atoms with Crippen molar-refractivity contribution in [3.05, 3.63) is 107 Å². The summed E-state index contributed by atoms with van der Waals surface area (Å²) in [5.41, 5.74) is 3.90. The molecule has 0 fully saturated rings. The number of ether oxygens (including phenoxy) is 1. The minimum atomic E-state index is -0.164. The molecule has 0 saturated carbocycles. The Bertz CT molecular complexity index is 1140. The van der Waals surface area contributed by atoms with Gasteiger partial charge in [0.1, 0.15) is 17.4 Å². The van der Waals surface area contributed by atoms with Gasteiger partial charge in [-0.05, 0) is 41.5 Å². The molecule has 1 amide bonds. The largest absolute Gasteiger partial charge is 0.489 e. The normalized spacial score (nSPS) is 10.8. The Morgan fingerprint density at radius 1 is 1.00 bits per heavy atom. The predicted molar refractivity (Wildman–Crippen MR) is 123 cm³/mol. The predicted octanol–water partition coefficient (Wildman–Crippen LogP) is 5.11. The number of pyridine rings is 1. The number of amides is 1. The zero-order valence-corrected chi connectivity index (χ0v) is 17.6. The fraction of sp³-hybridized carbons (Fsp3) is 0.0800. The minimum absolute atomic E-state index is 0.164. The smallest absolute Gasteiger partial charge is 0.244 e. The van der Waals surface area contributed by atoms with E-state index < -0.39 is 0 Å². The van der Waals surface area contributed by atoms with Crippen LogP contribution in [-0.2, 0) is 17.9 Å². The number of nitrogens with one attached hydrogen (secondary N) is 1. The molecule has 2 heterocycles. The van der Waals surface area contributed by atoms with E-state index in [1.807, 2.05) is 72.1 Å². The summed E-state index contributed by atoms with van der Waals surface area (Å²) < 4.78 is 5.78. The van der Waals surface area contributed by atoms with E-state index in [0.29, 0.717) is 13.2 Å². The molecule has 4 aromatic rings. The van der Waals surface area contributed by atoms with Crippen LogP contribution >= 0.6 is 11.3 Å². The Hall–Kier alpha value is -3.77. The maximum atomic E-state index is 12.1. The summed E-state index contributed by atoms with van der Waals surface area (Å²) >= 11 is 1.55. The molecule has 5 nitrogen and oxygen atoms in total. The van der Waals surface area contributed by atoms with Gasteiger partial charge in [-0.3, -0.25) is 9.78 Å². The van der Waals surface area contributed by atoms with Gasteiger partial charge in [-0.15, -0.1) is 11.3 Å². The van der Waals surface area contributed by atoms with Crippen LogP contribution in [0.15, 0.2) is 90.6 Å². The second-order valence-electron chi connectivity index (χ2n) is 6.77. The molecule has 31 heavy (non-hydrogen) atoms. The van der Waals surface area contributed by atoms with Crippen LogP contribution in [0.1, 0.15) is 16.8 Å². The number of hydrogen-bond donors (Lipinski definition) is 1. The fourth-order valence-corrected chi connectivity index (χ4v) is 3.67. The SMILES string of the molecule is O=C(/C=C/c1ccc(OCc2ccccc2)cc1)NCc1csc(-c2ccncc2)n1. The van der Waals surface area contributed by atoms with Crippen LogP contribution < -0.4 is 10.1 Å². The van der Waals surface area contributed by atoms with E-state index in [0.717, 1.165) is 33.1 Å². The number of carbonyl (C=O) groups excluding carboxylic acids is 1. The number of nitrogens with zero attached hydrogens (tertiary/aromatic N) is 2. The monoisotopic (exact) mass is 427 g/mol. The summed E-state index contributed by atoms with van der Waals surface area (Å²) in [5, 5.41) is 5.73. The Kier molecular flexibility index (Phi) is 6.82. The lowest BCUT2D eigenvalue weighted by Crippen LogP contribution is -2.20. The summed E-state index contributed by atoms with van der Waals surface area (Å²) in [6.45, 7) is 0.912. The van der Waals surface area contributed by atoms with Crippen molar-refractivity contribution in [1.29, 1.82) is 0 Å². The van der Waals surface area contributed by atoms with Crippen LogP contribution in [0.2, 0.25) is 0 Å². The Balaban J connectivity index is 1.25. The molecule has 0 unspecified atom stereocenters. The van der Waals surface area contributed by atoms with E-state index >= 15 is 0 Å². The van der Waals surface area contributed by atoms with Gasteiger partial charge in [-0.1, -0.05) is 42.5 Å². The molecule has 6 heteroatoms. The van der Waals surface area contributed by atoms with Crippen molar-refractivity contribution in [2.75, 3.05) is 0 Å². The number of carbonyl (C=O) groups is 1. The molecule has 0 aliphatic carbocycles. The first kappa shape index (κ1) is 20.5. The lowest BCUT2D eigenvalue weighted by molar-refractivity contribution is -0.116. The van der Waals surface area contributed by atoms with Gasteiger partial charge in [-0.2, -0.15) is 0 Å². The second-order valence-corrected chi connectivity index (χ2v) is 7.63. The molecule has 0 bridgehead atoms.